The molecule has 0 saturated carbocycles. The number of thioether (sulfide) groups is 1. The molecular weight excluding hydrogens is 411 g/mol. The van der Waals surface area contributed by atoms with E-state index in [1.165, 1.54) is 30.0 Å². The maximum absolute atomic E-state index is 13.7. The molecule has 0 radical (unpaired) electrons. The summed E-state index contributed by atoms with van der Waals surface area (Å²) >= 11 is 7.23. The second kappa shape index (κ2) is 9.58. The van der Waals surface area contributed by atoms with Gasteiger partial charge in [-0.3, -0.25) is 9.59 Å². The van der Waals surface area contributed by atoms with Crippen molar-refractivity contribution in [3.8, 4) is 0 Å². The molecule has 148 valence electrons. The van der Waals surface area contributed by atoms with Crippen molar-refractivity contribution in [1.82, 2.24) is 0 Å². The fourth-order valence-corrected chi connectivity index (χ4v) is 3.49. The zero-order chi connectivity index (χ0) is 20.8. The summed E-state index contributed by atoms with van der Waals surface area (Å²) in [5.41, 5.74) is 1.21. The molecule has 3 aromatic rings. The fourth-order valence-electron chi connectivity index (χ4n) is 2.50. The number of amides is 2. The molecule has 4 nitrogen and oxygen atoms in total. The Kier molecular flexibility index (Phi) is 6.90. The number of carbonyl (C=O) groups excluding carboxylic acids is 2. The zero-order valence-electron chi connectivity index (χ0n) is 15.5. The van der Waals surface area contributed by atoms with Crippen LogP contribution in [0.15, 0.2) is 77.7 Å². The lowest BCUT2D eigenvalue weighted by molar-refractivity contribution is -0.115. The lowest BCUT2D eigenvalue weighted by atomic mass is 10.2. The predicted molar refractivity (Wildman–Crippen MR) is 116 cm³/mol. The van der Waals surface area contributed by atoms with Crippen LogP contribution < -0.4 is 10.6 Å². The van der Waals surface area contributed by atoms with Crippen molar-refractivity contribution in [1.29, 1.82) is 0 Å². The van der Waals surface area contributed by atoms with E-state index >= 15 is 0 Å². The van der Waals surface area contributed by atoms with E-state index in [1.807, 2.05) is 6.92 Å². The first kappa shape index (κ1) is 20.9. The van der Waals surface area contributed by atoms with Gasteiger partial charge in [-0.05, 0) is 67.6 Å². The van der Waals surface area contributed by atoms with Crippen LogP contribution in [-0.2, 0) is 4.79 Å². The summed E-state index contributed by atoms with van der Waals surface area (Å²) in [5, 5.41) is 5.78. The number of hydrogen-bond donors (Lipinski definition) is 2. The minimum absolute atomic E-state index is 0.0153. The molecule has 0 aliphatic carbocycles. The number of nitrogens with one attached hydrogen (secondary N) is 2. The molecule has 0 bridgehead atoms. The minimum atomic E-state index is -0.572. The highest BCUT2D eigenvalue weighted by Gasteiger charge is 2.15. The predicted octanol–water partition coefficient (Wildman–Crippen LogP) is 5.85. The number of anilines is 2. The van der Waals surface area contributed by atoms with E-state index in [2.05, 4.69) is 10.6 Å². The molecule has 1 atom stereocenters. The Morgan fingerprint density at radius 1 is 0.897 bits per heavy atom. The Bertz CT molecular complexity index is 1010. The lowest BCUT2D eigenvalue weighted by Gasteiger charge is -2.13. The summed E-state index contributed by atoms with van der Waals surface area (Å²) in [7, 11) is 0. The highest BCUT2D eigenvalue weighted by molar-refractivity contribution is 8.00. The highest BCUT2D eigenvalue weighted by Crippen LogP contribution is 2.26. The first-order chi connectivity index (χ1) is 13.9. The number of benzene rings is 3. The molecule has 0 fully saturated rings. The van der Waals surface area contributed by atoms with Gasteiger partial charge in [-0.2, -0.15) is 0 Å². The van der Waals surface area contributed by atoms with Crippen molar-refractivity contribution in [3.05, 3.63) is 89.2 Å². The van der Waals surface area contributed by atoms with Crippen LogP contribution in [0.2, 0.25) is 5.02 Å². The minimum Gasteiger partial charge on any atom is -0.325 e. The average molecular weight is 429 g/mol. The smallest absolute Gasteiger partial charge is 0.258 e. The van der Waals surface area contributed by atoms with Gasteiger partial charge in [0.25, 0.3) is 5.91 Å². The normalized spacial score (nSPS) is 11.6. The third-order valence-corrected chi connectivity index (χ3v) is 5.39. The van der Waals surface area contributed by atoms with Gasteiger partial charge in [-0.15, -0.1) is 11.8 Å². The molecule has 0 saturated heterocycles. The first-order valence-corrected chi connectivity index (χ1v) is 10.1. The maximum atomic E-state index is 13.7. The Labute approximate surface area is 177 Å². The first-order valence-electron chi connectivity index (χ1n) is 8.81. The van der Waals surface area contributed by atoms with Crippen LogP contribution in [0, 0.1) is 5.82 Å². The third kappa shape index (κ3) is 5.82. The number of halogens is 2. The number of hydrogen-bond acceptors (Lipinski definition) is 3. The monoisotopic (exact) mass is 428 g/mol. The van der Waals surface area contributed by atoms with Gasteiger partial charge in [0.1, 0.15) is 5.82 Å². The largest absolute Gasteiger partial charge is 0.325 e. The Balaban J connectivity index is 1.57. The molecule has 7 heteroatoms. The van der Waals surface area contributed by atoms with Gasteiger partial charge in [0.05, 0.1) is 10.8 Å². The van der Waals surface area contributed by atoms with Crippen molar-refractivity contribution in [2.45, 2.75) is 17.1 Å². The van der Waals surface area contributed by atoms with E-state index in [4.69, 9.17) is 11.6 Å². The molecule has 29 heavy (non-hydrogen) atoms. The average Bonchev–Trinajstić information content (AvgIpc) is 2.71. The van der Waals surface area contributed by atoms with Gasteiger partial charge in [-0.25, -0.2) is 4.39 Å². The number of carbonyl (C=O) groups is 2. The Morgan fingerprint density at radius 2 is 1.48 bits per heavy atom. The molecule has 0 aliphatic rings. The molecule has 3 rings (SSSR count). The van der Waals surface area contributed by atoms with Crippen molar-refractivity contribution >= 4 is 46.6 Å². The summed E-state index contributed by atoms with van der Waals surface area (Å²) in [6.45, 7) is 1.81. The van der Waals surface area contributed by atoms with Gasteiger partial charge < -0.3 is 10.6 Å². The molecule has 3 aromatic carbocycles. The SMILES string of the molecule is CC(Sc1ccc(NC(=O)c2ccccc2F)cc1)C(=O)Nc1ccc(Cl)cc1. The molecule has 0 aliphatic heterocycles. The molecule has 0 aromatic heterocycles. The van der Waals surface area contributed by atoms with Gasteiger partial charge in [-0.1, -0.05) is 23.7 Å². The number of rotatable bonds is 6. The Hall–Kier alpha value is -2.83. The van der Waals surface area contributed by atoms with Crippen LogP contribution in [0.5, 0.6) is 0 Å². The second-order valence-electron chi connectivity index (χ2n) is 6.21. The third-order valence-electron chi connectivity index (χ3n) is 4.02. The van der Waals surface area contributed by atoms with Crippen molar-refractivity contribution < 1.29 is 14.0 Å². The molecule has 0 spiro atoms. The molecule has 1 unspecified atom stereocenters. The topological polar surface area (TPSA) is 58.2 Å². The van der Waals surface area contributed by atoms with E-state index in [0.717, 1.165) is 4.90 Å². The highest BCUT2D eigenvalue weighted by atomic mass is 35.5. The van der Waals surface area contributed by atoms with Crippen molar-refractivity contribution in [3.63, 3.8) is 0 Å². The van der Waals surface area contributed by atoms with Gasteiger partial charge in [0, 0.05) is 21.3 Å². The zero-order valence-corrected chi connectivity index (χ0v) is 17.1. The standard InChI is InChI=1S/C22H18ClFN2O2S/c1-14(21(27)25-16-8-6-15(23)7-9-16)29-18-12-10-17(11-13-18)26-22(28)19-4-2-3-5-20(19)24/h2-14H,1H3,(H,25,27)(H,26,28). The van der Waals surface area contributed by atoms with Gasteiger partial charge in [0.15, 0.2) is 0 Å². The van der Waals surface area contributed by atoms with Crippen molar-refractivity contribution in [2.24, 2.45) is 0 Å². The van der Waals surface area contributed by atoms with Crippen LogP contribution in [0.25, 0.3) is 0 Å². The fraction of sp³-hybridized carbons (Fsp3) is 0.0909. The summed E-state index contributed by atoms with van der Waals surface area (Å²) in [6.07, 6.45) is 0. The molecule has 0 heterocycles. The van der Waals surface area contributed by atoms with Gasteiger partial charge >= 0.3 is 0 Å². The second-order valence-corrected chi connectivity index (χ2v) is 8.07. The quantitative estimate of drug-likeness (QED) is 0.484. The van der Waals surface area contributed by atoms with Crippen LogP contribution >= 0.6 is 23.4 Å². The van der Waals surface area contributed by atoms with E-state index in [0.29, 0.717) is 16.4 Å². The van der Waals surface area contributed by atoms with Crippen LogP contribution in [0.1, 0.15) is 17.3 Å². The lowest BCUT2D eigenvalue weighted by Crippen LogP contribution is -2.22. The molecule has 2 amide bonds. The molecule has 2 N–H and O–H groups in total. The summed E-state index contributed by atoms with van der Waals surface area (Å²) in [4.78, 5) is 25.4. The maximum Gasteiger partial charge on any atom is 0.258 e. The van der Waals surface area contributed by atoms with Crippen LogP contribution in [-0.4, -0.2) is 17.1 Å². The van der Waals surface area contributed by atoms with Crippen LogP contribution in [0.4, 0.5) is 15.8 Å². The van der Waals surface area contributed by atoms with E-state index in [-0.39, 0.29) is 16.7 Å². The van der Waals surface area contributed by atoms with E-state index in [9.17, 15) is 14.0 Å². The van der Waals surface area contributed by atoms with E-state index < -0.39 is 11.7 Å². The Morgan fingerprint density at radius 3 is 2.14 bits per heavy atom. The summed E-state index contributed by atoms with van der Waals surface area (Å²) in [5.74, 6) is -1.22. The van der Waals surface area contributed by atoms with Gasteiger partial charge in [0.2, 0.25) is 5.91 Å². The van der Waals surface area contributed by atoms with Crippen molar-refractivity contribution in [2.75, 3.05) is 10.6 Å². The summed E-state index contributed by atoms with van der Waals surface area (Å²) < 4.78 is 13.7. The van der Waals surface area contributed by atoms with E-state index in [1.54, 1.807) is 54.6 Å². The summed E-state index contributed by atoms with van der Waals surface area (Å²) in [6, 6.07) is 19.7. The van der Waals surface area contributed by atoms with Crippen LogP contribution in [0.3, 0.4) is 0 Å². The molecular formula is C22H18ClFN2O2S.